The van der Waals surface area contributed by atoms with Gasteiger partial charge in [0.2, 0.25) is 0 Å². The van der Waals surface area contributed by atoms with Gasteiger partial charge >= 0.3 is 0 Å². The number of aromatic nitrogens is 1. The van der Waals surface area contributed by atoms with Crippen LogP contribution in [0.5, 0.6) is 0 Å². The lowest BCUT2D eigenvalue weighted by atomic mass is 9.82. The Kier molecular flexibility index (Phi) is 6.19. The highest BCUT2D eigenvalue weighted by molar-refractivity contribution is 7.19. The fourth-order valence-corrected chi connectivity index (χ4v) is 6.97. The third kappa shape index (κ3) is 4.47. The lowest BCUT2D eigenvalue weighted by Crippen LogP contribution is -2.12. The Morgan fingerprint density at radius 1 is 0.872 bits per heavy atom. The van der Waals surface area contributed by atoms with E-state index < -0.39 is 0 Å². The Morgan fingerprint density at radius 2 is 1.64 bits per heavy atom. The number of hydrogen-bond donors (Lipinski definition) is 0. The average molecular weight is 532 g/mol. The van der Waals surface area contributed by atoms with Gasteiger partial charge in [-0.05, 0) is 96.3 Å². The molecule has 0 saturated heterocycles. The molecule has 6 aromatic rings. The SMILES string of the molecule is Cc1oc2ccc(-c3cc(-c4cc(C(C)(C)C)c5ccccc5c4)nc4c(C)c(C)sc34)cc2c1CC(C)C. The summed E-state index contributed by atoms with van der Waals surface area (Å²) in [5, 5.41) is 3.81. The first-order chi connectivity index (χ1) is 18.5. The summed E-state index contributed by atoms with van der Waals surface area (Å²) in [5.74, 6) is 1.60. The van der Waals surface area contributed by atoms with Gasteiger partial charge in [-0.3, -0.25) is 0 Å². The predicted octanol–water partition coefficient (Wildman–Crippen LogP) is 11.0. The second-order valence-electron chi connectivity index (χ2n) is 12.5. The summed E-state index contributed by atoms with van der Waals surface area (Å²) in [6, 6.07) is 22.4. The fraction of sp³-hybridized carbons (Fsp3) is 0.306. The van der Waals surface area contributed by atoms with E-state index >= 15 is 0 Å². The molecule has 0 spiro atoms. The zero-order valence-corrected chi connectivity index (χ0v) is 25.1. The number of nitrogens with zero attached hydrogens (tertiary/aromatic N) is 1. The maximum atomic E-state index is 6.17. The highest BCUT2D eigenvalue weighted by Gasteiger charge is 2.21. The number of fused-ring (bicyclic) bond motifs is 3. The lowest BCUT2D eigenvalue weighted by Gasteiger charge is -2.23. The molecular formula is C36H37NOS. The largest absolute Gasteiger partial charge is 0.461 e. The second-order valence-corrected chi connectivity index (χ2v) is 13.7. The molecule has 3 aromatic heterocycles. The van der Waals surface area contributed by atoms with Crippen LogP contribution in [0, 0.1) is 26.7 Å². The third-order valence-corrected chi connectivity index (χ3v) is 9.22. The van der Waals surface area contributed by atoms with Gasteiger partial charge < -0.3 is 4.42 Å². The molecule has 3 heteroatoms. The molecule has 0 N–H and O–H groups in total. The fourth-order valence-electron chi connectivity index (χ4n) is 5.83. The van der Waals surface area contributed by atoms with Gasteiger partial charge in [0, 0.05) is 27.0 Å². The van der Waals surface area contributed by atoms with E-state index in [2.05, 4.69) is 116 Å². The molecule has 2 nitrogen and oxygen atoms in total. The molecule has 6 rings (SSSR count). The molecule has 0 bridgehead atoms. The first-order valence-electron chi connectivity index (χ1n) is 14.0. The topological polar surface area (TPSA) is 26.0 Å². The van der Waals surface area contributed by atoms with Gasteiger partial charge in [-0.15, -0.1) is 11.3 Å². The Morgan fingerprint density at radius 3 is 2.38 bits per heavy atom. The van der Waals surface area contributed by atoms with Crippen LogP contribution in [0.15, 0.2) is 65.1 Å². The number of furan rings is 1. The van der Waals surface area contributed by atoms with Crippen molar-refractivity contribution in [1.82, 2.24) is 4.98 Å². The standard InChI is InChI=1S/C36H37NOS/c1-20(2)15-28-22(4)38-33-14-13-25(17-30(28)33)29-19-32(37-34-21(3)23(5)39-35(29)34)26-16-24-11-9-10-12-27(24)31(18-26)36(6,7)8/h9-14,16-20H,15H2,1-8H3. The van der Waals surface area contributed by atoms with Crippen LogP contribution in [0.25, 0.3) is 54.3 Å². The highest BCUT2D eigenvalue weighted by atomic mass is 32.1. The summed E-state index contributed by atoms with van der Waals surface area (Å²) < 4.78 is 7.43. The average Bonchev–Trinajstić information content (AvgIpc) is 3.36. The normalized spacial score (nSPS) is 12.4. The van der Waals surface area contributed by atoms with E-state index in [4.69, 9.17) is 9.40 Å². The predicted molar refractivity (Wildman–Crippen MR) is 169 cm³/mol. The minimum Gasteiger partial charge on any atom is -0.461 e. The molecule has 3 heterocycles. The summed E-state index contributed by atoms with van der Waals surface area (Å²) in [7, 11) is 0. The number of thiophene rings is 1. The first kappa shape index (κ1) is 25.8. The van der Waals surface area contributed by atoms with Gasteiger partial charge in [-0.25, -0.2) is 4.98 Å². The molecule has 0 aliphatic carbocycles. The van der Waals surface area contributed by atoms with Gasteiger partial charge in [-0.2, -0.15) is 0 Å². The Bertz CT molecular complexity index is 1880. The molecule has 0 amide bonds. The molecule has 0 atom stereocenters. The molecular weight excluding hydrogens is 494 g/mol. The van der Waals surface area contributed by atoms with E-state index in [-0.39, 0.29) is 5.41 Å². The molecule has 39 heavy (non-hydrogen) atoms. The highest BCUT2D eigenvalue weighted by Crippen LogP contribution is 2.42. The van der Waals surface area contributed by atoms with E-state index in [1.165, 1.54) is 59.1 Å². The van der Waals surface area contributed by atoms with Crippen molar-refractivity contribution in [3.8, 4) is 22.4 Å². The number of aryl methyl sites for hydroxylation is 3. The van der Waals surface area contributed by atoms with Crippen LogP contribution in [0.2, 0.25) is 0 Å². The van der Waals surface area contributed by atoms with Gasteiger partial charge in [0.1, 0.15) is 11.3 Å². The summed E-state index contributed by atoms with van der Waals surface area (Å²) in [5.41, 5.74) is 10.7. The lowest BCUT2D eigenvalue weighted by molar-refractivity contribution is 0.560. The van der Waals surface area contributed by atoms with Crippen LogP contribution in [0.4, 0.5) is 0 Å². The molecule has 198 valence electrons. The van der Waals surface area contributed by atoms with Crippen molar-refractivity contribution in [2.24, 2.45) is 5.92 Å². The summed E-state index contributed by atoms with van der Waals surface area (Å²) in [6.45, 7) is 17.9. The van der Waals surface area contributed by atoms with Crippen LogP contribution in [0.3, 0.4) is 0 Å². The van der Waals surface area contributed by atoms with Crippen molar-refractivity contribution in [1.29, 1.82) is 0 Å². The van der Waals surface area contributed by atoms with Crippen LogP contribution in [0.1, 0.15) is 61.9 Å². The number of benzene rings is 3. The minimum atomic E-state index is 0.0222. The van der Waals surface area contributed by atoms with Crippen molar-refractivity contribution in [2.75, 3.05) is 0 Å². The van der Waals surface area contributed by atoms with E-state index in [1.807, 2.05) is 11.3 Å². The molecule has 3 aromatic carbocycles. The molecule has 0 aliphatic rings. The number of rotatable bonds is 4. The molecule has 0 radical (unpaired) electrons. The zero-order chi connectivity index (χ0) is 27.6. The van der Waals surface area contributed by atoms with E-state index in [0.29, 0.717) is 5.92 Å². The van der Waals surface area contributed by atoms with Crippen molar-refractivity contribution < 1.29 is 4.42 Å². The molecule has 0 aliphatic heterocycles. The van der Waals surface area contributed by atoms with Crippen molar-refractivity contribution >= 4 is 43.3 Å². The van der Waals surface area contributed by atoms with Crippen molar-refractivity contribution in [2.45, 2.75) is 67.2 Å². The van der Waals surface area contributed by atoms with Crippen molar-refractivity contribution in [3.63, 3.8) is 0 Å². The quantitative estimate of drug-likeness (QED) is 0.226. The molecule has 0 saturated carbocycles. The zero-order valence-electron chi connectivity index (χ0n) is 24.3. The Balaban J connectivity index is 1.63. The number of hydrogen-bond acceptors (Lipinski definition) is 3. The summed E-state index contributed by atoms with van der Waals surface area (Å²) in [6.07, 6.45) is 1.02. The number of pyridine rings is 1. The van der Waals surface area contributed by atoms with Crippen LogP contribution >= 0.6 is 11.3 Å². The Labute approximate surface area is 235 Å². The summed E-state index contributed by atoms with van der Waals surface area (Å²) in [4.78, 5) is 6.62. The van der Waals surface area contributed by atoms with Crippen molar-refractivity contribution in [3.05, 3.63) is 88.0 Å². The van der Waals surface area contributed by atoms with E-state index in [9.17, 15) is 0 Å². The second kappa shape index (κ2) is 9.34. The molecule has 0 fully saturated rings. The maximum Gasteiger partial charge on any atom is 0.134 e. The third-order valence-electron chi connectivity index (χ3n) is 7.99. The maximum absolute atomic E-state index is 6.17. The Hall–Kier alpha value is -3.43. The van der Waals surface area contributed by atoms with Gasteiger partial charge in [0.15, 0.2) is 0 Å². The monoisotopic (exact) mass is 531 g/mol. The van der Waals surface area contributed by atoms with Crippen LogP contribution in [-0.2, 0) is 11.8 Å². The van der Waals surface area contributed by atoms with Crippen LogP contribution in [-0.4, -0.2) is 4.98 Å². The van der Waals surface area contributed by atoms with Gasteiger partial charge in [-0.1, -0.05) is 65.0 Å². The first-order valence-corrected chi connectivity index (χ1v) is 14.8. The van der Waals surface area contributed by atoms with E-state index in [0.717, 1.165) is 29.0 Å². The van der Waals surface area contributed by atoms with Crippen LogP contribution < -0.4 is 0 Å². The van der Waals surface area contributed by atoms with E-state index in [1.54, 1.807) is 0 Å². The smallest absolute Gasteiger partial charge is 0.134 e. The minimum absolute atomic E-state index is 0.0222. The summed E-state index contributed by atoms with van der Waals surface area (Å²) >= 11 is 1.85. The van der Waals surface area contributed by atoms with Gasteiger partial charge in [0.05, 0.1) is 15.9 Å². The molecule has 0 unspecified atom stereocenters. The van der Waals surface area contributed by atoms with Gasteiger partial charge in [0.25, 0.3) is 0 Å².